The molecule has 2 aromatic rings. The molecule has 21 heavy (non-hydrogen) atoms. The summed E-state index contributed by atoms with van der Waals surface area (Å²) in [5, 5.41) is 13.1. The van der Waals surface area contributed by atoms with Gasteiger partial charge in [-0.3, -0.25) is 9.40 Å². The zero-order valence-corrected chi connectivity index (χ0v) is 13.0. The average molecular weight is 325 g/mol. The maximum absolute atomic E-state index is 12.3. The first kappa shape index (κ1) is 15.4. The second-order valence-electron chi connectivity index (χ2n) is 4.38. The van der Waals surface area contributed by atoms with Crippen LogP contribution in [0.25, 0.3) is 0 Å². The Bertz CT molecular complexity index is 821. The maximum Gasteiger partial charge on any atom is 0.262 e. The number of benzene rings is 1. The summed E-state index contributed by atoms with van der Waals surface area (Å²) in [5.74, 6) is 0. The molecule has 2 rings (SSSR count). The summed E-state index contributed by atoms with van der Waals surface area (Å²) in [6, 6.07) is 5.86. The zero-order chi connectivity index (χ0) is 15.6. The first-order chi connectivity index (χ1) is 9.87. The number of nitrogens with one attached hydrogen (secondary N) is 1. The molecule has 0 aliphatic carbocycles. The van der Waals surface area contributed by atoms with Crippen molar-refractivity contribution in [2.45, 2.75) is 18.2 Å². The lowest BCUT2D eigenvalue weighted by molar-refractivity contribution is 0.601. The van der Waals surface area contributed by atoms with E-state index in [2.05, 4.69) is 9.82 Å². The first-order valence-corrected chi connectivity index (χ1v) is 7.98. The summed E-state index contributed by atoms with van der Waals surface area (Å²) in [5.41, 5.74) is 1.31. The zero-order valence-electron chi connectivity index (χ0n) is 11.5. The number of anilines is 1. The van der Waals surface area contributed by atoms with Gasteiger partial charge in [0.05, 0.1) is 26.9 Å². The number of aromatic nitrogens is 2. The van der Waals surface area contributed by atoms with E-state index < -0.39 is 10.0 Å². The Labute approximate surface area is 128 Å². The van der Waals surface area contributed by atoms with Crippen molar-refractivity contribution in [3.8, 4) is 6.07 Å². The van der Waals surface area contributed by atoms with Gasteiger partial charge >= 0.3 is 0 Å². The molecule has 0 unspecified atom stereocenters. The summed E-state index contributed by atoms with van der Waals surface area (Å²) in [7, 11) is -2.06. The number of rotatable bonds is 4. The third kappa shape index (κ3) is 3.17. The highest BCUT2D eigenvalue weighted by Gasteiger charge is 2.18. The van der Waals surface area contributed by atoms with Gasteiger partial charge in [-0.2, -0.15) is 10.4 Å². The van der Waals surface area contributed by atoms with Crippen molar-refractivity contribution < 1.29 is 8.42 Å². The molecule has 0 fully saturated rings. The minimum absolute atomic E-state index is 0.00240. The Balaban J connectivity index is 2.39. The van der Waals surface area contributed by atoms with E-state index in [1.165, 1.54) is 18.2 Å². The molecule has 8 heteroatoms. The molecule has 0 bridgehead atoms. The molecule has 6 nitrogen and oxygen atoms in total. The van der Waals surface area contributed by atoms with E-state index in [0.29, 0.717) is 17.8 Å². The minimum atomic E-state index is -3.78. The van der Waals surface area contributed by atoms with E-state index in [1.807, 2.05) is 13.0 Å². The van der Waals surface area contributed by atoms with Crippen LogP contribution >= 0.6 is 11.6 Å². The molecule has 0 spiro atoms. The molecule has 0 aliphatic heterocycles. The molecular weight excluding hydrogens is 312 g/mol. The summed E-state index contributed by atoms with van der Waals surface area (Å²) in [6.45, 7) is 1.89. The van der Waals surface area contributed by atoms with Crippen LogP contribution in [0, 0.1) is 11.3 Å². The Hall–Kier alpha value is -2.04. The molecule has 0 saturated carbocycles. The summed E-state index contributed by atoms with van der Waals surface area (Å²) >= 11 is 5.87. The van der Waals surface area contributed by atoms with Gasteiger partial charge in [-0.25, -0.2) is 8.42 Å². The van der Waals surface area contributed by atoms with Crippen molar-refractivity contribution in [3.63, 3.8) is 0 Å². The summed E-state index contributed by atoms with van der Waals surface area (Å²) in [4.78, 5) is -0.00240. The van der Waals surface area contributed by atoms with Crippen LogP contribution in [-0.2, 0) is 23.5 Å². The van der Waals surface area contributed by atoms with Crippen LogP contribution in [0.1, 0.15) is 18.2 Å². The summed E-state index contributed by atoms with van der Waals surface area (Å²) < 4.78 is 28.7. The second-order valence-corrected chi connectivity index (χ2v) is 6.47. The van der Waals surface area contributed by atoms with Crippen molar-refractivity contribution >= 4 is 27.3 Å². The molecule has 110 valence electrons. The molecule has 0 radical (unpaired) electrons. The molecule has 1 N–H and O–H groups in total. The van der Waals surface area contributed by atoms with Gasteiger partial charge in [-0.05, 0) is 24.6 Å². The van der Waals surface area contributed by atoms with Crippen molar-refractivity contribution in [1.29, 1.82) is 5.26 Å². The van der Waals surface area contributed by atoms with Crippen LogP contribution in [0.2, 0.25) is 5.02 Å². The van der Waals surface area contributed by atoms with Gasteiger partial charge < -0.3 is 0 Å². The van der Waals surface area contributed by atoms with E-state index in [9.17, 15) is 8.42 Å². The van der Waals surface area contributed by atoms with E-state index in [-0.39, 0.29) is 15.5 Å². The maximum atomic E-state index is 12.3. The fourth-order valence-electron chi connectivity index (χ4n) is 1.84. The van der Waals surface area contributed by atoms with Crippen LogP contribution in [-0.4, -0.2) is 18.2 Å². The predicted octanol–water partition coefficient (Wildman–Crippen LogP) is 2.31. The van der Waals surface area contributed by atoms with Gasteiger partial charge in [0.2, 0.25) is 0 Å². The quantitative estimate of drug-likeness (QED) is 0.934. The first-order valence-electron chi connectivity index (χ1n) is 6.12. The number of nitriles is 1. The lowest BCUT2D eigenvalue weighted by Gasteiger charge is -2.08. The van der Waals surface area contributed by atoms with Crippen LogP contribution in [0.15, 0.2) is 29.3 Å². The molecule has 1 aromatic carbocycles. The minimum Gasteiger partial charge on any atom is -0.276 e. The Kier molecular flexibility index (Phi) is 4.21. The lowest BCUT2D eigenvalue weighted by atomic mass is 10.2. The average Bonchev–Trinajstić information content (AvgIpc) is 2.77. The van der Waals surface area contributed by atoms with E-state index in [4.69, 9.17) is 16.9 Å². The molecule has 0 saturated heterocycles. The highest BCUT2D eigenvalue weighted by Crippen LogP contribution is 2.23. The summed E-state index contributed by atoms with van der Waals surface area (Å²) in [6.07, 6.45) is 2.20. The van der Waals surface area contributed by atoms with E-state index in [1.54, 1.807) is 17.9 Å². The van der Waals surface area contributed by atoms with Gasteiger partial charge in [0.1, 0.15) is 6.07 Å². The van der Waals surface area contributed by atoms with Crippen LogP contribution in [0.4, 0.5) is 5.69 Å². The fraction of sp³-hybridized carbons (Fsp3) is 0.231. The van der Waals surface area contributed by atoms with Crippen LogP contribution in [0.3, 0.4) is 0 Å². The lowest BCUT2D eigenvalue weighted by Crippen LogP contribution is -2.13. The number of aryl methyl sites for hydroxylation is 2. The Morgan fingerprint density at radius 3 is 2.76 bits per heavy atom. The fourth-order valence-corrected chi connectivity index (χ4v) is 3.22. The number of hydrogen-bond donors (Lipinski definition) is 1. The second kappa shape index (κ2) is 5.76. The normalized spacial score (nSPS) is 11.1. The smallest absolute Gasteiger partial charge is 0.262 e. The monoisotopic (exact) mass is 324 g/mol. The van der Waals surface area contributed by atoms with Gasteiger partial charge in [0, 0.05) is 13.2 Å². The Morgan fingerprint density at radius 1 is 1.48 bits per heavy atom. The standard InChI is InChI=1S/C13H13ClN4O2S/c1-3-12-13(8-18(2)16-12)17-21(19,20)10-5-4-9(7-15)11(14)6-10/h4-6,8,17H,3H2,1-2H3. The molecular formula is C13H13ClN4O2S. The molecule has 1 heterocycles. The largest absolute Gasteiger partial charge is 0.276 e. The van der Waals surface area contributed by atoms with E-state index in [0.717, 1.165) is 0 Å². The third-order valence-corrected chi connectivity index (χ3v) is 4.53. The molecule has 1 aromatic heterocycles. The number of nitrogens with zero attached hydrogens (tertiary/aromatic N) is 3. The van der Waals surface area contributed by atoms with Crippen molar-refractivity contribution in [2.75, 3.05) is 4.72 Å². The number of hydrogen-bond acceptors (Lipinski definition) is 4. The topological polar surface area (TPSA) is 87.8 Å². The van der Waals surface area contributed by atoms with Crippen LogP contribution in [0.5, 0.6) is 0 Å². The van der Waals surface area contributed by atoms with Crippen LogP contribution < -0.4 is 4.72 Å². The number of sulfonamides is 1. The third-order valence-electron chi connectivity index (χ3n) is 2.86. The highest BCUT2D eigenvalue weighted by atomic mass is 35.5. The van der Waals surface area contributed by atoms with E-state index >= 15 is 0 Å². The van der Waals surface area contributed by atoms with Gasteiger partial charge in [-0.15, -0.1) is 0 Å². The Morgan fingerprint density at radius 2 is 2.19 bits per heavy atom. The van der Waals surface area contributed by atoms with Gasteiger partial charge in [-0.1, -0.05) is 18.5 Å². The van der Waals surface area contributed by atoms with Crippen molar-refractivity contribution in [1.82, 2.24) is 9.78 Å². The van der Waals surface area contributed by atoms with Crippen molar-refractivity contribution in [3.05, 3.63) is 40.7 Å². The number of halogens is 1. The molecule has 0 atom stereocenters. The van der Waals surface area contributed by atoms with Gasteiger partial charge in [0.25, 0.3) is 10.0 Å². The SMILES string of the molecule is CCc1nn(C)cc1NS(=O)(=O)c1ccc(C#N)c(Cl)c1. The predicted molar refractivity (Wildman–Crippen MR) is 79.6 cm³/mol. The molecule has 0 amide bonds. The highest BCUT2D eigenvalue weighted by molar-refractivity contribution is 7.92. The van der Waals surface area contributed by atoms with Crippen molar-refractivity contribution in [2.24, 2.45) is 7.05 Å². The molecule has 0 aliphatic rings. The van der Waals surface area contributed by atoms with Gasteiger partial charge in [0.15, 0.2) is 0 Å².